The van der Waals surface area contributed by atoms with Crippen LogP contribution in [-0.4, -0.2) is 21.0 Å². The molecular weight excluding hydrogens is 336 g/mol. The highest BCUT2D eigenvalue weighted by molar-refractivity contribution is 7.13. The highest BCUT2D eigenvalue weighted by Gasteiger charge is 2.43. The minimum atomic E-state index is -0.498. The van der Waals surface area contributed by atoms with Gasteiger partial charge in [-0.05, 0) is 32.6 Å². The second-order valence-electron chi connectivity index (χ2n) is 7.60. The van der Waals surface area contributed by atoms with Gasteiger partial charge in [-0.1, -0.05) is 31.8 Å². The van der Waals surface area contributed by atoms with Crippen molar-refractivity contribution >= 4 is 17.2 Å². The van der Waals surface area contributed by atoms with Crippen LogP contribution in [0.15, 0.2) is 4.52 Å². The van der Waals surface area contributed by atoms with Crippen LogP contribution in [0.25, 0.3) is 0 Å². The molecule has 2 saturated carbocycles. The van der Waals surface area contributed by atoms with E-state index in [4.69, 9.17) is 4.52 Å². The van der Waals surface area contributed by atoms with Crippen molar-refractivity contribution in [3.05, 3.63) is 27.3 Å². The highest BCUT2D eigenvalue weighted by atomic mass is 32.1. The molecule has 0 saturated heterocycles. The molecule has 134 valence electrons. The molecule has 0 unspecified atom stereocenters. The average molecular weight is 360 g/mol. The summed E-state index contributed by atoms with van der Waals surface area (Å²) in [6.07, 6.45) is 6.09. The molecule has 0 aliphatic heterocycles. The maximum atomic E-state index is 13.0. The first kappa shape index (κ1) is 16.7. The number of nitrogens with zero attached hydrogens (tertiary/aromatic N) is 3. The number of carbonyl (C=O) groups excluding carboxylic acids is 1. The topological polar surface area (TPSA) is 80.9 Å². The molecule has 6 nitrogen and oxygen atoms in total. The van der Waals surface area contributed by atoms with Crippen molar-refractivity contribution in [2.75, 3.05) is 0 Å². The lowest BCUT2D eigenvalue weighted by molar-refractivity contribution is 0.0895. The van der Waals surface area contributed by atoms with Crippen molar-refractivity contribution in [3.63, 3.8) is 0 Å². The van der Waals surface area contributed by atoms with Crippen molar-refractivity contribution < 1.29 is 9.32 Å². The first-order valence-corrected chi connectivity index (χ1v) is 9.94. The summed E-state index contributed by atoms with van der Waals surface area (Å²) in [5.41, 5.74) is 0.299. The van der Waals surface area contributed by atoms with E-state index in [0.717, 1.165) is 55.1 Å². The van der Waals surface area contributed by atoms with E-state index < -0.39 is 5.54 Å². The third-order valence-electron chi connectivity index (χ3n) is 5.12. The van der Waals surface area contributed by atoms with E-state index >= 15 is 0 Å². The lowest BCUT2D eigenvalue weighted by Gasteiger charge is -2.26. The molecular formula is C18H24N4O2S. The number of amides is 1. The molecule has 2 heterocycles. The lowest BCUT2D eigenvalue weighted by Crippen LogP contribution is -2.44. The van der Waals surface area contributed by atoms with Gasteiger partial charge in [0, 0.05) is 11.8 Å². The summed E-state index contributed by atoms with van der Waals surface area (Å²) in [5.74, 6) is 2.05. The summed E-state index contributed by atoms with van der Waals surface area (Å²) in [6, 6.07) is 0. The van der Waals surface area contributed by atoms with Crippen molar-refractivity contribution in [3.8, 4) is 0 Å². The molecule has 1 amide bonds. The Bertz CT molecular complexity index is 785. The molecule has 2 aromatic heterocycles. The SMILES string of the molecule is Cc1nc(C(C)C)sc1C(=O)NC1(c2noc(C3CC3)n2)CCCC1. The van der Waals surface area contributed by atoms with Gasteiger partial charge in [-0.2, -0.15) is 4.98 Å². The van der Waals surface area contributed by atoms with Crippen LogP contribution in [0.2, 0.25) is 0 Å². The third kappa shape index (κ3) is 3.10. The fraction of sp³-hybridized carbons (Fsp3) is 0.667. The summed E-state index contributed by atoms with van der Waals surface area (Å²) >= 11 is 1.49. The van der Waals surface area contributed by atoms with Gasteiger partial charge in [0.2, 0.25) is 5.89 Å². The lowest BCUT2D eigenvalue weighted by atomic mass is 9.96. The Labute approximate surface area is 151 Å². The van der Waals surface area contributed by atoms with Crippen molar-refractivity contribution in [1.29, 1.82) is 0 Å². The van der Waals surface area contributed by atoms with Gasteiger partial charge in [0.1, 0.15) is 10.4 Å². The fourth-order valence-corrected chi connectivity index (χ4v) is 4.42. The Morgan fingerprint density at radius 1 is 1.28 bits per heavy atom. The monoisotopic (exact) mass is 360 g/mol. The number of hydrogen-bond acceptors (Lipinski definition) is 6. The van der Waals surface area contributed by atoms with Crippen LogP contribution in [0.5, 0.6) is 0 Å². The molecule has 0 aromatic carbocycles. The normalized spacial score (nSPS) is 19.5. The summed E-state index contributed by atoms with van der Waals surface area (Å²) in [4.78, 5) is 22.8. The quantitative estimate of drug-likeness (QED) is 0.870. The van der Waals surface area contributed by atoms with E-state index in [-0.39, 0.29) is 5.91 Å². The molecule has 2 aromatic rings. The first-order valence-electron chi connectivity index (χ1n) is 9.12. The van der Waals surface area contributed by atoms with E-state index in [2.05, 4.69) is 34.3 Å². The number of aryl methyl sites for hydroxylation is 1. The third-order valence-corrected chi connectivity index (χ3v) is 6.58. The van der Waals surface area contributed by atoms with Gasteiger partial charge in [0.05, 0.1) is 10.7 Å². The number of thiazole rings is 1. The van der Waals surface area contributed by atoms with E-state index in [0.29, 0.717) is 22.5 Å². The molecule has 25 heavy (non-hydrogen) atoms. The molecule has 2 aliphatic rings. The molecule has 1 N–H and O–H groups in total. The number of carbonyl (C=O) groups is 1. The van der Waals surface area contributed by atoms with E-state index in [9.17, 15) is 4.79 Å². The summed E-state index contributed by atoms with van der Waals surface area (Å²) in [6.45, 7) is 6.09. The fourth-order valence-electron chi connectivity index (χ4n) is 3.46. The van der Waals surface area contributed by atoms with Gasteiger partial charge < -0.3 is 9.84 Å². The van der Waals surface area contributed by atoms with E-state index in [1.165, 1.54) is 11.3 Å². The number of aromatic nitrogens is 3. The largest absolute Gasteiger partial charge is 0.339 e. The minimum absolute atomic E-state index is 0.0680. The Morgan fingerprint density at radius 2 is 2.00 bits per heavy atom. The van der Waals surface area contributed by atoms with Crippen LogP contribution in [0, 0.1) is 6.92 Å². The van der Waals surface area contributed by atoms with Crippen LogP contribution < -0.4 is 5.32 Å². The van der Waals surface area contributed by atoms with E-state index in [1.54, 1.807) is 0 Å². The minimum Gasteiger partial charge on any atom is -0.339 e. The zero-order valence-corrected chi connectivity index (χ0v) is 15.8. The molecule has 0 bridgehead atoms. The maximum absolute atomic E-state index is 13.0. The average Bonchev–Trinajstić information content (AvgIpc) is 3.01. The maximum Gasteiger partial charge on any atom is 0.264 e. The Hall–Kier alpha value is -1.76. The smallest absolute Gasteiger partial charge is 0.264 e. The van der Waals surface area contributed by atoms with Crippen molar-refractivity contribution in [1.82, 2.24) is 20.4 Å². The van der Waals surface area contributed by atoms with Gasteiger partial charge in [0.15, 0.2) is 5.82 Å². The van der Waals surface area contributed by atoms with Gasteiger partial charge in [-0.3, -0.25) is 4.79 Å². The molecule has 4 rings (SSSR count). The molecule has 0 radical (unpaired) electrons. The molecule has 2 aliphatic carbocycles. The number of nitrogens with one attached hydrogen (secondary N) is 1. The predicted molar refractivity (Wildman–Crippen MR) is 94.8 cm³/mol. The molecule has 0 spiro atoms. The summed E-state index contributed by atoms with van der Waals surface area (Å²) in [5, 5.41) is 8.46. The summed E-state index contributed by atoms with van der Waals surface area (Å²) in [7, 11) is 0. The molecule has 7 heteroatoms. The Balaban J connectivity index is 1.59. The number of rotatable bonds is 5. The van der Waals surface area contributed by atoms with Crippen LogP contribution in [0.4, 0.5) is 0 Å². The summed E-state index contributed by atoms with van der Waals surface area (Å²) < 4.78 is 5.45. The van der Waals surface area contributed by atoms with E-state index in [1.807, 2.05) is 6.92 Å². The van der Waals surface area contributed by atoms with Gasteiger partial charge in [-0.25, -0.2) is 4.98 Å². The second kappa shape index (κ2) is 6.20. The zero-order chi connectivity index (χ0) is 17.6. The zero-order valence-electron chi connectivity index (χ0n) is 15.0. The Morgan fingerprint density at radius 3 is 2.60 bits per heavy atom. The van der Waals surface area contributed by atoms with Crippen LogP contribution in [-0.2, 0) is 5.54 Å². The van der Waals surface area contributed by atoms with Crippen molar-refractivity contribution in [2.24, 2.45) is 0 Å². The highest BCUT2D eigenvalue weighted by Crippen LogP contribution is 2.42. The molecule has 0 atom stereocenters. The second-order valence-corrected chi connectivity index (χ2v) is 8.63. The number of hydrogen-bond donors (Lipinski definition) is 1. The van der Waals surface area contributed by atoms with Crippen LogP contribution >= 0.6 is 11.3 Å². The molecule has 2 fully saturated rings. The van der Waals surface area contributed by atoms with Crippen molar-refractivity contribution in [2.45, 2.75) is 76.7 Å². The standard InChI is InChI=1S/C18H24N4O2S/c1-10(2)16-19-11(3)13(25-16)14(23)21-18(8-4-5-9-18)17-20-15(24-22-17)12-6-7-12/h10,12H,4-9H2,1-3H3,(H,21,23). The van der Waals surface area contributed by atoms with Crippen LogP contribution in [0.3, 0.4) is 0 Å². The Kier molecular flexibility index (Phi) is 4.14. The van der Waals surface area contributed by atoms with Crippen LogP contribution in [0.1, 0.15) is 96.3 Å². The predicted octanol–water partition coefficient (Wildman–Crippen LogP) is 4.03. The van der Waals surface area contributed by atoms with Gasteiger partial charge in [-0.15, -0.1) is 11.3 Å². The van der Waals surface area contributed by atoms with Gasteiger partial charge >= 0.3 is 0 Å². The first-order chi connectivity index (χ1) is 12.0. The van der Waals surface area contributed by atoms with Gasteiger partial charge in [0.25, 0.3) is 5.91 Å².